The van der Waals surface area contributed by atoms with E-state index in [2.05, 4.69) is 4.83 Å². The molecule has 2 aromatic rings. The zero-order valence-corrected chi connectivity index (χ0v) is 17.0. The number of hydrogen-bond donors (Lipinski definition) is 1. The summed E-state index contributed by atoms with van der Waals surface area (Å²) in [5.41, 5.74) is 2.15. The molecule has 3 rings (SSSR count). The van der Waals surface area contributed by atoms with Crippen LogP contribution in [0.1, 0.15) is 48.5 Å². The first-order valence-electron chi connectivity index (χ1n) is 9.56. The fourth-order valence-electron chi connectivity index (χ4n) is 3.37. The van der Waals surface area contributed by atoms with Gasteiger partial charge in [-0.05, 0) is 63.1 Å². The zero-order valence-electron chi connectivity index (χ0n) is 16.2. The number of carbonyl (C=O) groups is 1. The number of sulfonamides is 1. The van der Waals surface area contributed by atoms with Gasteiger partial charge in [-0.2, -0.15) is 0 Å². The number of nitrogens with zero attached hydrogens (tertiary/aromatic N) is 1. The molecule has 0 radical (unpaired) electrons. The molecule has 0 bridgehead atoms. The highest BCUT2D eigenvalue weighted by molar-refractivity contribution is 7.89. The molecule has 0 aromatic heterocycles. The summed E-state index contributed by atoms with van der Waals surface area (Å²) in [4.78, 5) is 14.9. The maximum absolute atomic E-state index is 12.9. The van der Waals surface area contributed by atoms with Gasteiger partial charge in [0.25, 0.3) is 10.0 Å². The number of ether oxygens (including phenoxy) is 1. The topological polar surface area (TPSA) is 75.7 Å². The minimum atomic E-state index is -3.71. The van der Waals surface area contributed by atoms with E-state index in [0.29, 0.717) is 17.9 Å². The van der Waals surface area contributed by atoms with Gasteiger partial charge in [0.1, 0.15) is 0 Å². The molecule has 0 unspecified atom stereocenters. The van der Waals surface area contributed by atoms with Crippen molar-refractivity contribution in [2.45, 2.75) is 50.5 Å². The lowest BCUT2D eigenvalue weighted by Crippen LogP contribution is -2.47. The summed E-state index contributed by atoms with van der Waals surface area (Å²) in [7, 11) is -3.71. The zero-order chi connectivity index (χ0) is 20.1. The Morgan fingerprint density at radius 3 is 2.25 bits per heavy atom. The first-order valence-corrected chi connectivity index (χ1v) is 11.0. The number of nitrogens with one attached hydrogen (secondary N) is 1. The summed E-state index contributed by atoms with van der Waals surface area (Å²) in [6.07, 6.45) is 3.95. The van der Waals surface area contributed by atoms with Gasteiger partial charge in [0.15, 0.2) is 0 Å². The Hall–Kier alpha value is -2.38. The van der Waals surface area contributed by atoms with Crippen molar-refractivity contribution in [2.24, 2.45) is 0 Å². The third-order valence-electron chi connectivity index (χ3n) is 4.90. The molecule has 0 atom stereocenters. The van der Waals surface area contributed by atoms with Gasteiger partial charge in [-0.15, -0.1) is 4.83 Å². The van der Waals surface area contributed by atoms with Gasteiger partial charge in [-0.3, -0.25) is 5.01 Å². The van der Waals surface area contributed by atoms with Crippen molar-refractivity contribution in [3.63, 3.8) is 0 Å². The summed E-state index contributed by atoms with van der Waals surface area (Å²) in [6.45, 7) is 3.98. The van der Waals surface area contributed by atoms with Crippen molar-refractivity contribution in [2.75, 3.05) is 11.6 Å². The Morgan fingerprint density at radius 2 is 1.68 bits per heavy atom. The van der Waals surface area contributed by atoms with Gasteiger partial charge in [0.05, 0.1) is 22.8 Å². The van der Waals surface area contributed by atoms with Crippen LogP contribution in [0.25, 0.3) is 0 Å². The van der Waals surface area contributed by atoms with Crippen molar-refractivity contribution in [3.05, 3.63) is 59.7 Å². The molecular formula is C21H26N2O4S. The van der Waals surface area contributed by atoms with E-state index in [9.17, 15) is 13.2 Å². The number of aryl methyl sites for hydroxylation is 1. The predicted molar refractivity (Wildman–Crippen MR) is 109 cm³/mol. The molecule has 0 amide bonds. The minimum Gasteiger partial charge on any atom is -0.462 e. The van der Waals surface area contributed by atoms with Crippen molar-refractivity contribution in [3.8, 4) is 0 Å². The number of hydrazine groups is 1. The van der Waals surface area contributed by atoms with Gasteiger partial charge in [0.2, 0.25) is 0 Å². The molecule has 1 N–H and O–H groups in total. The lowest BCUT2D eigenvalue weighted by atomic mass is 10.1. The average molecular weight is 403 g/mol. The SMILES string of the molecule is CCOC(=O)c1ccc(N(NS(=O)(=O)c2ccc(C)cc2)C2CCCC2)cc1. The van der Waals surface area contributed by atoms with E-state index < -0.39 is 10.0 Å². The van der Waals surface area contributed by atoms with Gasteiger partial charge < -0.3 is 4.74 Å². The smallest absolute Gasteiger partial charge is 0.338 e. The van der Waals surface area contributed by atoms with Crippen LogP contribution in [0.4, 0.5) is 5.69 Å². The Bertz CT molecular complexity index is 902. The fourth-order valence-corrected chi connectivity index (χ4v) is 4.49. The predicted octanol–water partition coefficient (Wildman–Crippen LogP) is 3.81. The van der Waals surface area contributed by atoms with Crippen LogP contribution in [0.3, 0.4) is 0 Å². The summed E-state index contributed by atoms with van der Waals surface area (Å²) >= 11 is 0. The highest BCUT2D eigenvalue weighted by Gasteiger charge is 2.27. The molecule has 0 heterocycles. The van der Waals surface area contributed by atoms with Gasteiger partial charge >= 0.3 is 5.97 Å². The number of esters is 1. The third kappa shape index (κ3) is 4.72. The van der Waals surface area contributed by atoms with Crippen LogP contribution in [-0.2, 0) is 14.8 Å². The van der Waals surface area contributed by atoms with Gasteiger partial charge in [-0.1, -0.05) is 30.5 Å². The molecular weight excluding hydrogens is 376 g/mol. The lowest BCUT2D eigenvalue weighted by Gasteiger charge is -2.31. The molecule has 6 nitrogen and oxygen atoms in total. The van der Waals surface area contributed by atoms with Crippen LogP contribution in [-0.4, -0.2) is 27.0 Å². The highest BCUT2D eigenvalue weighted by Crippen LogP contribution is 2.28. The van der Waals surface area contributed by atoms with Crippen molar-refractivity contribution in [1.29, 1.82) is 0 Å². The van der Waals surface area contributed by atoms with Crippen LogP contribution >= 0.6 is 0 Å². The Balaban J connectivity index is 1.87. The molecule has 1 aliphatic rings. The summed E-state index contributed by atoms with van der Waals surface area (Å²) < 4.78 is 30.8. The molecule has 150 valence electrons. The van der Waals surface area contributed by atoms with Crippen LogP contribution < -0.4 is 9.84 Å². The summed E-state index contributed by atoms with van der Waals surface area (Å²) in [6, 6.07) is 13.7. The van der Waals surface area contributed by atoms with E-state index >= 15 is 0 Å². The summed E-state index contributed by atoms with van der Waals surface area (Å²) in [5, 5.41) is 1.72. The fraction of sp³-hybridized carbons (Fsp3) is 0.381. The van der Waals surface area contributed by atoms with E-state index in [0.717, 1.165) is 31.2 Å². The largest absolute Gasteiger partial charge is 0.462 e. The highest BCUT2D eigenvalue weighted by atomic mass is 32.2. The van der Waals surface area contributed by atoms with Crippen molar-refractivity contribution >= 4 is 21.7 Å². The van der Waals surface area contributed by atoms with E-state index in [4.69, 9.17) is 4.74 Å². The quantitative estimate of drug-likeness (QED) is 0.563. The van der Waals surface area contributed by atoms with Crippen molar-refractivity contribution in [1.82, 2.24) is 4.83 Å². The van der Waals surface area contributed by atoms with Crippen LogP contribution in [0.15, 0.2) is 53.4 Å². The number of carbonyl (C=O) groups excluding carboxylic acids is 1. The Kier molecular flexibility index (Phi) is 6.36. The molecule has 1 fully saturated rings. The molecule has 28 heavy (non-hydrogen) atoms. The number of rotatable bonds is 7. The van der Waals surface area contributed by atoms with Gasteiger partial charge in [-0.25, -0.2) is 13.2 Å². The van der Waals surface area contributed by atoms with Crippen LogP contribution in [0.5, 0.6) is 0 Å². The summed E-state index contributed by atoms with van der Waals surface area (Å²) in [5.74, 6) is -0.387. The molecule has 1 saturated carbocycles. The second-order valence-corrected chi connectivity index (χ2v) is 8.64. The Labute approximate surface area is 166 Å². The van der Waals surface area contributed by atoms with Gasteiger partial charge in [0, 0.05) is 6.04 Å². The maximum Gasteiger partial charge on any atom is 0.338 e. The monoisotopic (exact) mass is 402 g/mol. The molecule has 1 aliphatic carbocycles. The second kappa shape index (κ2) is 8.75. The van der Waals surface area contributed by atoms with Crippen LogP contribution in [0, 0.1) is 6.92 Å². The van der Waals surface area contributed by atoms with E-state index in [1.807, 2.05) is 6.92 Å². The number of benzene rings is 2. The second-order valence-electron chi connectivity index (χ2n) is 6.98. The lowest BCUT2D eigenvalue weighted by molar-refractivity contribution is 0.0526. The van der Waals surface area contributed by atoms with E-state index in [1.54, 1.807) is 60.5 Å². The van der Waals surface area contributed by atoms with E-state index in [1.165, 1.54) is 0 Å². The number of hydrogen-bond acceptors (Lipinski definition) is 5. The molecule has 2 aromatic carbocycles. The average Bonchev–Trinajstić information content (AvgIpc) is 3.21. The van der Waals surface area contributed by atoms with E-state index in [-0.39, 0.29) is 16.9 Å². The first kappa shape index (κ1) is 20.4. The minimum absolute atomic E-state index is 0.0775. The normalized spacial score (nSPS) is 14.8. The van der Waals surface area contributed by atoms with Crippen molar-refractivity contribution < 1.29 is 17.9 Å². The number of anilines is 1. The Morgan fingerprint density at radius 1 is 1.07 bits per heavy atom. The molecule has 0 aliphatic heterocycles. The molecule has 7 heteroatoms. The first-order chi connectivity index (χ1) is 13.4. The molecule has 0 spiro atoms. The standard InChI is InChI=1S/C21H26N2O4S/c1-3-27-21(24)17-10-12-19(13-11-17)23(18-6-4-5-7-18)22-28(25,26)20-14-8-16(2)9-15-20/h8-15,18,22H,3-7H2,1-2H3. The van der Waals surface area contributed by atoms with Crippen LogP contribution in [0.2, 0.25) is 0 Å². The maximum atomic E-state index is 12.9. The third-order valence-corrected chi connectivity index (χ3v) is 6.23. The molecule has 0 saturated heterocycles.